The zero-order chi connectivity index (χ0) is 50.0. The number of nitrogens with one attached hydrogen (secondary N) is 1. The van der Waals surface area contributed by atoms with Gasteiger partial charge >= 0.3 is 5.97 Å². The largest absolute Gasteiger partial charge is 0.466 e. The molecule has 0 aromatic rings. The van der Waals surface area contributed by atoms with Crippen molar-refractivity contribution >= 4 is 11.9 Å². The van der Waals surface area contributed by atoms with E-state index in [9.17, 15) is 19.8 Å². The number of carbonyl (C=O) groups is 2. The van der Waals surface area contributed by atoms with Gasteiger partial charge in [-0.3, -0.25) is 9.59 Å². The van der Waals surface area contributed by atoms with E-state index in [-0.39, 0.29) is 18.5 Å². The Hall–Kier alpha value is -2.18. The van der Waals surface area contributed by atoms with E-state index < -0.39 is 12.1 Å². The predicted octanol–water partition coefficient (Wildman–Crippen LogP) is 19.0. The van der Waals surface area contributed by atoms with Crippen LogP contribution in [0.4, 0.5) is 0 Å². The first-order chi connectivity index (χ1) is 34.0. The molecule has 0 aliphatic rings. The Morgan fingerprint density at radius 2 is 0.754 bits per heavy atom. The van der Waals surface area contributed by atoms with Gasteiger partial charge in [0.1, 0.15) is 0 Å². The minimum atomic E-state index is -0.846. The molecule has 0 saturated carbocycles. The number of carbonyl (C=O) groups excluding carboxylic acids is 2. The van der Waals surface area contributed by atoms with Crippen LogP contribution in [0.2, 0.25) is 0 Å². The van der Waals surface area contributed by atoms with Crippen LogP contribution < -0.4 is 5.32 Å². The number of rotatable bonds is 56. The Kier molecular flexibility index (Phi) is 56.5. The van der Waals surface area contributed by atoms with E-state index in [1.165, 1.54) is 238 Å². The molecule has 0 aliphatic carbocycles. The van der Waals surface area contributed by atoms with Crippen molar-refractivity contribution in [2.45, 2.75) is 328 Å². The Bertz CT molecular complexity index is 1160. The first-order valence-corrected chi connectivity index (χ1v) is 30.4. The predicted molar refractivity (Wildman–Crippen MR) is 301 cm³/mol. The Labute approximate surface area is 429 Å². The maximum absolute atomic E-state index is 12.5. The summed E-state index contributed by atoms with van der Waals surface area (Å²) in [6.45, 7) is 4.83. The Balaban J connectivity index is 3.42. The van der Waals surface area contributed by atoms with Crippen LogP contribution in [-0.2, 0) is 14.3 Å². The van der Waals surface area contributed by atoms with Gasteiger partial charge in [-0.2, -0.15) is 0 Å². The highest BCUT2D eigenvalue weighted by atomic mass is 16.5. The van der Waals surface area contributed by atoms with E-state index in [0.717, 1.165) is 51.4 Å². The van der Waals surface area contributed by atoms with Crippen molar-refractivity contribution in [3.05, 3.63) is 48.6 Å². The molecule has 0 radical (unpaired) electrons. The molecule has 404 valence electrons. The molecule has 0 spiro atoms. The van der Waals surface area contributed by atoms with E-state index in [2.05, 4.69) is 55.6 Å². The van der Waals surface area contributed by atoms with Gasteiger partial charge in [0.25, 0.3) is 0 Å². The molecular formula is C63H117NO5. The molecule has 6 nitrogen and oxygen atoms in total. The van der Waals surface area contributed by atoms with Gasteiger partial charge in [-0.25, -0.2) is 0 Å². The van der Waals surface area contributed by atoms with Crippen LogP contribution in [0, 0.1) is 0 Å². The third kappa shape index (κ3) is 55.0. The second kappa shape index (κ2) is 58.4. The lowest BCUT2D eigenvalue weighted by molar-refractivity contribution is -0.143. The number of aliphatic hydroxyl groups excluding tert-OH is 2. The van der Waals surface area contributed by atoms with Crippen LogP contribution in [0.3, 0.4) is 0 Å². The molecule has 0 aliphatic heterocycles. The molecule has 0 fully saturated rings. The number of aliphatic hydroxyl groups is 2. The summed E-state index contributed by atoms with van der Waals surface area (Å²) < 4.78 is 5.47. The van der Waals surface area contributed by atoms with Crippen molar-refractivity contribution < 1.29 is 24.5 Å². The van der Waals surface area contributed by atoms with Gasteiger partial charge in [0.15, 0.2) is 0 Å². The number of esters is 1. The summed E-state index contributed by atoms with van der Waals surface area (Å²) >= 11 is 0. The highest BCUT2D eigenvalue weighted by Crippen LogP contribution is 2.16. The molecular weight excluding hydrogens is 851 g/mol. The fourth-order valence-electron chi connectivity index (χ4n) is 9.14. The van der Waals surface area contributed by atoms with Crippen molar-refractivity contribution in [2.75, 3.05) is 13.2 Å². The van der Waals surface area contributed by atoms with Crippen molar-refractivity contribution in [1.82, 2.24) is 5.32 Å². The molecule has 69 heavy (non-hydrogen) atoms. The molecule has 0 rings (SSSR count). The molecule has 3 N–H and O–H groups in total. The lowest BCUT2D eigenvalue weighted by Crippen LogP contribution is -2.45. The Morgan fingerprint density at radius 3 is 1.17 bits per heavy atom. The summed E-state index contributed by atoms with van der Waals surface area (Å²) in [4.78, 5) is 24.5. The first-order valence-electron chi connectivity index (χ1n) is 30.4. The summed E-state index contributed by atoms with van der Waals surface area (Å²) in [5.41, 5.74) is 0. The first kappa shape index (κ1) is 66.8. The van der Waals surface area contributed by atoms with Gasteiger partial charge in [-0.15, -0.1) is 0 Å². The standard InChI is InChI=1S/C63H117NO5/c1-3-5-7-9-11-13-15-17-32-35-39-43-47-51-55-61(66)60(59-65)64-62(67)56-52-48-44-40-36-33-29-27-25-23-21-19-18-20-22-24-26-28-30-34-38-42-46-50-54-58-69-63(68)57-53-49-45-41-37-31-16-14-12-10-8-6-4-2/h8,10,14,16,19,21,51,55,60-61,65-66H,3-7,9,11-13,15,17-18,20,22-50,52-54,56-59H2,1-2H3,(H,64,67)/b10-8-,16-14-,21-19-,55-51+. The molecule has 2 atom stereocenters. The average molecular weight is 969 g/mol. The molecule has 0 bridgehead atoms. The van der Waals surface area contributed by atoms with Crippen molar-refractivity contribution in [3.63, 3.8) is 0 Å². The van der Waals surface area contributed by atoms with Crippen LogP contribution in [0.15, 0.2) is 48.6 Å². The van der Waals surface area contributed by atoms with E-state index >= 15 is 0 Å². The molecule has 2 unspecified atom stereocenters. The third-order valence-corrected chi connectivity index (χ3v) is 13.8. The zero-order valence-corrected chi connectivity index (χ0v) is 46.0. The van der Waals surface area contributed by atoms with Crippen LogP contribution >= 0.6 is 0 Å². The average Bonchev–Trinajstić information content (AvgIpc) is 3.35. The number of hydrogen-bond acceptors (Lipinski definition) is 5. The third-order valence-electron chi connectivity index (χ3n) is 13.8. The number of unbranched alkanes of at least 4 members (excludes halogenated alkanes) is 39. The quantitative estimate of drug-likeness (QED) is 0.0321. The number of hydrogen-bond donors (Lipinski definition) is 3. The highest BCUT2D eigenvalue weighted by molar-refractivity contribution is 5.76. The summed E-state index contributed by atoms with van der Waals surface area (Å²) in [6.07, 6.45) is 74.3. The minimum Gasteiger partial charge on any atom is -0.466 e. The minimum absolute atomic E-state index is 0.00284. The molecule has 6 heteroatoms. The molecule has 0 saturated heterocycles. The van der Waals surface area contributed by atoms with Gasteiger partial charge in [0, 0.05) is 12.8 Å². The maximum Gasteiger partial charge on any atom is 0.305 e. The van der Waals surface area contributed by atoms with E-state index in [1.54, 1.807) is 6.08 Å². The SMILES string of the molecule is CCC/C=C\C/C=C\CCCCCCCC(=O)OCCCCCCCCCCCCCC/C=C\CCCCCCCCCCCC(=O)NC(CO)C(O)/C=C/CCCCCCCCCCCCCC. The van der Waals surface area contributed by atoms with Crippen LogP contribution in [-0.4, -0.2) is 47.4 Å². The fraction of sp³-hybridized carbons (Fsp3) is 0.841. The maximum atomic E-state index is 12.5. The fourth-order valence-corrected chi connectivity index (χ4v) is 9.14. The second-order valence-electron chi connectivity index (χ2n) is 20.7. The number of allylic oxidation sites excluding steroid dienone is 7. The van der Waals surface area contributed by atoms with Crippen molar-refractivity contribution in [1.29, 1.82) is 0 Å². The zero-order valence-electron chi connectivity index (χ0n) is 46.0. The van der Waals surface area contributed by atoms with Crippen molar-refractivity contribution in [2.24, 2.45) is 0 Å². The number of amides is 1. The van der Waals surface area contributed by atoms with E-state index in [1.807, 2.05) is 6.08 Å². The molecule has 0 heterocycles. The van der Waals surface area contributed by atoms with Gasteiger partial charge in [0.05, 0.1) is 25.4 Å². The highest BCUT2D eigenvalue weighted by Gasteiger charge is 2.18. The summed E-state index contributed by atoms with van der Waals surface area (Å²) in [7, 11) is 0. The number of ether oxygens (including phenoxy) is 1. The summed E-state index contributed by atoms with van der Waals surface area (Å²) in [5.74, 6) is -0.0739. The van der Waals surface area contributed by atoms with Gasteiger partial charge in [-0.1, -0.05) is 268 Å². The molecule has 0 aromatic heterocycles. The molecule has 1 amide bonds. The van der Waals surface area contributed by atoms with Crippen LogP contribution in [0.5, 0.6) is 0 Å². The van der Waals surface area contributed by atoms with Crippen LogP contribution in [0.1, 0.15) is 316 Å². The normalized spacial score (nSPS) is 12.9. The topological polar surface area (TPSA) is 95.9 Å². The van der Waals surface area contributed by atoms with Crippen molar-refractivity contribution in [3.8, 4) is 0 Å². The lowest BCUT2D eigenvalue weighted by Gasteiger charge is -2.20. The van der Waals surface area contributed by atoms with E-state index in [0.29, 0.717) is 19.4 Å². The van der Waals surface area contributed by atoms with Gasteiger partial charge < -0.3 is 20.3 Å². The lowest BCUT2D eigenvalue weighted by atomic mass is 10.0. The summed E-state index contributed by atoms with van der Waals surface area (Å²) in [5, 5.41) is 23.1. The second-order valence-corrected chi connectivity index (χ2v) is 20.7. The smallest absolute Gasteiger partial charge is 0.305 e. The van der Waals surface area contributed by atoms with Gasteiger partial charge in [-0.05, 0) is 83.5 Å². The van der Waals surface area contributed by atoms with Gasteiger partial charge in [0.2, 0.25) is 5.91 Å². The van der Waals surface area contributed by atoms with E-state index in [4.69, 9.17) is 4.74 Å². The molecule has 0 aromatic carbocycles. The monoisotopic (exact) mass is 968 g/mol. The van der Waals surface area contributed by atoms with Crippen LogP contribution in [0.25, 0.3) is 0 Å². The Morgan fingerprint density at radius 1 is 0.406 bits per heavy atom. The summed E-state index contributed by atoms with van der Waals surface area (Å²) in [6, 6.07) is -0.630.